The first kappa shape index (κ1) is 13.2. The molecule has 4 nitrogen and oxygen atoms in total. The Hall–Kier alpha value is -0.260. The van der Waals surface area contributed by atoms with E-state index in [0.717, 1.165) is 32.5 Å². The van der Waals surface area contributed by atoms with E-state index >= 15 is 0 Å². The third kappa shape index (κ3) is 4.48. The van der Waals surface area contributed by atoms with E-state index in [9.17, 15) is 4.79 Å². The van der Waals surface area contributed by atoms with Gasteiger partial charge in [-0.1, -0.05) is 0 Å². The van der Waals surface area contributed by atoms with Crippen LogP contribution >= 0.6 is 11.8 Å². The number of aliphatic hydroxyl groups excluding tert-OH is 1. The Morgan fingerprint density at radius 2 is 2.06 bits per heavy atom. The van der Waals surface area contributed by atoms with E-state index in [-0.39, 0.29) is 12.0 Å². The van der Waals surface area contributed by atoms with E-state index in [1.54, 1.807) is 11.8 Å². The Morgan fingerprint density at radius 1 is 1.35 bits per heavy atom. The largest absolute Gasteiger partial charge is 0.393 e. The molecule has 0 spiro atoms. The molecule has 17 heavy (non-hydrogen) atoms. The van der Waals surface area contributed by atoms with Crippen LogP contribution in [0.2, 0.25) is 0 Å². The van der Waals surface area contributed by atoms with E-state index in [1.807, 2.05) is 0 Å². The van der Waals surface area contributed by atoms with Gasteiger partial charge in [-0.3, -0.25) is 4.79 Å². The summed E-state index contributed by atoms with van der Waals surface area (Å²) in [5.74, 6) is 1.23. The highest BCUT2D eigenvalue weighted by molar-refractivity contribution is 8.00. The second kappa shape index (κ2) is 6.61. The van der Waals surface area contributed by atoms with Gasteiger partial charge in [-0.2, -0.15) is 0 Å². The molecule has 2 fully saturated rings. The topological polar surface area (TPSA) is 61.4 Å². The van der Waals surface area contributed by atoms with Crippen LogP contribution in [-0.2, 0) is 4.79 Å². The average Bonchev–Trinajstić information content (AvgIpc) is 2.32. The van der Waals surface area contributed by atoms with Gasteiger partial charge in [-0.15, -0.1) is 11.8 Å². The van der Waals surface area contributed by atoms with Crippen molar-refractivity contribution in [2.45, 2.75) is 37.0 Å². The normalized spacial score (nSPS) is 29.7. The molecule has 98 valence electrons. The van der Waals surface area contributed by atoms with E-state index in [4.69, 9.17) is 5.11 Å². The first-order valence-electron chi connectivity index (χ1n) is 6.51. The lowest BCUT2D eigenvalue weighted by atomic mass is 9.82. The molecule has 1 saturated heterocycles. The number of rotatable bonds is 5. The summed E-state index contributed by atoms with van der Waals surface area (Å²) in [6.45, 7) is 2.90. The molecule has 2 rings (SSSR count). The highest BCUT2D eigenvalue weighted by Gasteiger charge is 2.27. The maximum Gasteiger partial charge on any atom is 0.230 e. The lowest BCUT2D eigenvalue weighted by Crippen LogP contribution is -2.39. The maximum atomic E-state index is 11.6. The second-order valence-corrected chi connectivity index (χ2v) is 6.34. The summed E-state index contributed by atoms with van der Waals surface area (Å²) >= 11 is 1.78. The molecule has 0 aromatic heterocycles. The second-order valence-electron chi connectivity index (χ2n) is 5.06. The molecule has 0 atom stereocenters. The minimum absolute atomic E-state index is 0.124. The van der Waals surface area contributed by atoms with Crippen molar-refractivity contribution in [3.8, 4) is 0 Å². The number of thioether (sulfide) groups is 1. The summed E-state index contributed by atoms with van der Waals surface area (Å²) in [4.78, 5) is 11.6. The zero-order valence-electron chi connectivity index (χ0n) is 10.2. The fraction of sp³-hybridized carbons (Fsp3) is 0.917. The number of aliphatic hydroxyl groups is 1. The highest BCUT2D eigenvalue weighted by atomic mass is 32.2. The smallest absolute Gasteiger partial charge is 0.230 e. The SMILES string of the molecule is O=C(CSC1CCNCC1)NCC1CC(O)C1. The minimum Gasteiger partial charge on any atom is -0.393 e. The summed E-state index contributed by atoms with van der Waals surface area (Å²) < 4.78 is 0. The predicted octanol–water partition coefficient (Wildman–Crippen LogP) is 0.359. The molecule has 0 radical (unpaired) electrons. The van der Waals surface area contributed by atoms with Crippen LogP contribution in [0.5, 0.6) is 0 Å². The standard InChI is InChI=1S/C12H22N2O2S/c15-10-5-9(6-10)7-14-12(16)8-17-11-1-3-13-4-2-11/h9-11,13,15H,1-8H2,(H,14,16). The molecule has 1 saturated carbocycles. The van der Waals surface area contributed by atoms with Crippen molar-refractivity contribution in [3.05, 3.63) is 0 Å². The molecular formula is C12H22N2O2S. The number of carbonyl (C=O) groups is 1. The Labute approximate surface area is 107 Å². The summed E-state index contributed by atoms with van der Waals surface area (Å²) in [6, 6.07) is 0. The predicted molar refractivity (Wildman–Crippen MR) is 70.1 cm³/mol. The van der Waals surface area contributed by atoms with Gasteiger partial charge >= 0.3 is 0 Å². The van der Waals surface area contributed by atoms with Gasteiger partial charge in [-0.25, -0.2) is 0 Å². The molecule has 1 aliphatic carbocycles. The molecule has 5 heteroatoms. The number of carbonyl (C=O) groups excluding carboxylic acids is 1. The minimum atomic E-state index is -0.124. The summed E-state index contributed by atoms with van der Waals surface area (Å²) in [7, 11) is 0. The number of nitrogens with one attached hydrogen (secondary N) is 2. The van der Waals surface area contributed by atoms with Crippen LogP contribution in [-0.4, -0.2) is 47.8 Å². The van der Waals surface area contributed by atoms with Crippen molar-refractivity contribution in [1.82, 2.24) is 10.6 Å². The molecule has 3 N–H and O–H groups in total. The molecule has 2 aliphatic rings. The molecule has 1 amide bonds. The van der Waals surface area contributed by atoms with Crippen LogP contribution in [0.3, 0.4) is 0 Å². The molecule has 0 bridgehead atoms. The van der Waals surface area contributed by atoms with Gasteiger partial charge in [0.2, 0.25) is 5.91 Å². The van der Waals surface area contributed by atoms with Gasteiger partial charge in [0, 0.05) is 11.8 Å². The van der Waals surface area contributed by atoms with Gasteiger partial charge in [0.05, 0.1) is 11.9 Å². The van der Waals surface area contributed by atoms with Crippen molar-refractivity contribution in [1.29, 1.82) is 0 Å². The molecule has 0 unspecified atom stereocenters. The molecule has 1 aliphatic heterocycles. The van der Waals surface area contributed by atoms with Crippen molar-refractivity contribution in [2.75, 3.05) is 25.4 Å². The summed E-state index contributed by atoms with van der Waals surface area (Å²) in [5, 5.41) is 16.1. The van der Waals surface area contributed by atoms with E-state index in [2.05, 4.69) is 10.6 Å². The van der Waals surface area contributed by atoms with Crippen LogP contribution in [0.4, 0.5) is 0 Å². The number of amides is 1. The van der Waals surface area contributed by atoms with E-state index < -0.39 is 0 Å². The number of hydrogen-bond acceptors (Lipinski definition) is 4. The number of hydrogen-bond donors (Lipinski definition) is 3. The van der Waals surface area contributed by atoms with Crippen molar-refractivity contribution < 1.29 is 9.90 Å². The van der Waals surface area contributed by atoms with Gasteiger partial charge in [0.1, 0.15) is 0 Å². The summed E-state index contributed by atoms with van der Waals surface area (Å²) in [5.41, 5.74) is 0. The molecule has 0 aromatic carbocycles. The zero-order valence-corrected chi connectivity index (χ0v) is 11.0. The van der Waals surface area contributed by atoms with Crippen LogP contribution in [0.15, 0.2) is 0 Å². The Balaban J connectivity index is 1.51. The number of piperidine rings is 1. The van der Waals surface area contributed by atoms with Crippen LogP contribution in [0.1, 0.15) is 25.7 Å². The van der Waals surface area contributed by atoms with Crippen molar-refractivity contribution >= 4 is 17.7 Å². The fourth-order valence-electron chi connectivity index (χ4n) is 2.33. The van der Waals surface area contributed by atoms with Crippen LogP contribution < -0.4 is 10.6 Å². The van der Waals surface area contributed by atoms with Gasteiger partial charge in [0.25, 0.3) is 0 Å². The zero-order chi connectivity index (χ0) is 12.1. The third-order valence-electron chi connectivity index (χ3n) is 3.54. The van der Waals surface area contributed by atoms with Crippen LogP contribution in [0, 0.1) is 5.92 Å². The first-order chi connectivity index (χ1) is 8.24. The highest BCUT2D eigenvalue weighted by Crippen LogP contribution is 2.26. The Kier molecular flexibility index (Phi) is 5.13. The maximum absolute atomic E-state index is 11.6. The third-order valence-corrected chi connectivity index (χ3v) is 4.91. The lowest BCUT2D eigenvalue weighted by Gasteiger charge is -2.31. The average molecular weight is 258 g/mol. The van der Waals surface area contributed by atoms with E-state index in [1.165, 1.54) is 12.8 Å². The Morgan fingerprint density at radius 3 is 2.71 bits per heavy atom. The quantitative estimate of drug-likeness (QED) is 0.666. The molecule has 0 aromatic rings. The van der Waals surface area contributed by atoms with Gasteiger partial charge in [0.15, 0.2) is 0 Å². The first-order valence-corrected chi connectivity index (χ1v) is 7.56. The van der Waals surface area contributed by atoms with Crippen molar-refractivity contribution in [3.63, 3.8) is 0 Å². The van der Waals surface area contributed by atoms with Crippen molar-refractivity contribution in [2.24, 2.45) is 5.92 Å². The van der Waals surface area contributed by atoms with E-state index in [0.29, 0.717) is 16.9 Å². The van der Waals surface area contributed by atoms with Gasteiger partial charge in [-0.05, 0) is 44.7 Å². The van der Waals surface area contributed by atoms with Gasteiger partial charge < -0.3 is 15.7 Å². The monoisotopic (exact) mass is 258 g/mol. The molecular weight excluding hydrogens is 236 g/mol. The molecule has 1 heterocycles. The van der Waals surface area contributed by atoms with Crippen LogP contribution in [0.25, 0.3) is 0 Å². The lowest BCUT2D eigenvalue weighted by molar-refractivity contribution is -0.119. The fourth-order valence-corrected chi connectivity index (χ4v) is 3.39. The Bertz CT molecular complexity index is 251. The summed E-state index contributed by atoms with van der Waals surface area (Å²) in [6.07, 6.45) is 3.92.